The monoisotopic (exact) mass is 312 g/mol. The van der Waals surface area contributed by atoms with E-state index in [0.29, 0.717) is 0 Å². The van der Waals surface area contributed by atoms with Crippen LogP contribution in [0.3, 0.4) is 0 Å². The van der Waals surface area contributed by atoms with Gasteiger partial charge in [0.1, 0.15) is 0 Å². The van der Waals surface area contributed by atoms with Gasteiger partial charge in [-0.15, -0.1) is 0 Å². The largest absolute Gasteiger partial charge is 1.00 e. The Morgan fingerprint density at radius 2 is 1.12 bits per heavy atom. The average Bonchev–Trinajstić information content (AvgIpc) is 1.78. The van der Waals surface area contributed by atoms with Gasteiger partial charge in [0.05, 0.1) is 0 Å². The Kier molecular flexibility index (Phi) is 19.8. The fraction of sp³-hybridized carbons (Fsp3) is 1.00. The molecular formula is C5H11NNa3O6P2-. The molecule has 0 aliphatic rings. The molecule has 0 N–H and O–H groups in total. The zero-order valence-electron chi connectivity index (χ0n) is 10.8. The van der Waals surface area contributed by atoms with E-state index < -0.39 is 33.8 Å². The molecule has 0 saturated heterocycles. The summed E-state index contributed by atoms with van der Waals surface area (Å²) in [6.45, 7) is 2.98. The third-order valence-electron chi connectivity index (χ3n) is 1.44. The quantitative estimate of drug-likeness (QED) is 0.364. The molecule has 17 heavy (non-hydrogen) atoms. The van der Waals surface area contributed by atoms with E-state index in [4.69, 9.17) is 0 Å². The molecule has 0 radical (unpaired) electrons. The van der Waals surface area contributed by atoms with Gasteiger partial charge in [-0.25, -0.2) is 0 Å². The summed E-state index contributed by atoms with van der Waals surface area (Å²) in [4.78, 5) is 42.3. The van der Waals surface area contributed by atoms with Crippen molar-refractivity contribution < 1.29 is 117 Å². The molecular weight excluding hydrogens is 301 g/mol. The van der Waals surface area contributed by atoms with Crippen molar-refractivity contribution in [1.82, 2.24) is 4.90 Å². The zero-order chi connectivity index (χ0) is 11.6. The van der Waals surface area contributed by atoms with Crippen molar-refractivity contribution in [3.63, 3.8) is 0 Å². The van der Waals surface area contributed by atoms with E-state index in [9.17, 15) is 28.7 Å². The molecule has 0 saturated carbocycles. The van der Waals surface area contributed by atoms with Crippen LogP contribution in [0.2, 0.25) is 0 Å². The predicted octanol–water partition coefficient (Wildman–Crippen LogP) is -11.5. The van der Waals surface area contributed by atoms with Gasteiger partial charge in [-0.2, -0.15) is 0 Å². The van der Waals surface area contributed by atoms with E-state index in [1.54, 1.807) is 0 Å². The SMILES string of the molecule is CC(C)N(CP(=O)([O-])[O-])CP(=O)([O-])[O-].[Na+].[Na+].[Na+]. The molecule has 0 bridgehead atoms. The number of hydrogen-bond acceptors (Lipinski definition) is 7. The summed E-state index contributed by atoms with van der Waals surface area (Å²) >= 11 is 0. The summed E-state index contributed by atoms with van der Waals surface area (Å²) in [7, 11) is -9.67. The van der Waals surface area contributed by atoms with Gasteiger partial charge in [-0.1, -0.05) is 15.2 Å². The maximum absolute atomic E-state index is 10.4. The van der Waals surface area contributed by atoms with Crippen LogP contribution in [0.4, 0.5) is 0 Å². The van der Waals surface area contributed by atoms with E-state index in [-0.39, 0.29) is 88.7 Å². The first-order valence-corrected chi connectivity index (χ1v) is 7.23. The van der Waals surface area contributed by atoms with Gasteiger partial charge in [0.15, 0.2) is 0 Å². The molecule has 0 aliphatic carbocycles. The van der Waals surface area contributed by atoms with Crippen molar-refractivity contribution in [3.05, 3.63) is 0 Å². The van der Waals surface area contributed by atoms with Gasteiger partial charge in [-0.05, 0) is 13.8 Å². The molecule has 0 rings (SSSR count). The fourth-order valence-electron chi connectivity index (χ4n) is 0.816. The molecule has 0 atom stereocenters. The Hall–Kier alpha value is 3.26. The Balaban J connectivity index is -0.000000282. The van der Waals surface area contributed by atoms with Crippen molar-refractivity contribution in [1.29, 1.82) is 0 Å². The van der Waals surface area contributed by atoms with Crippen LogP contribution >= 0.6 is 15.2 Å². The van der Waals surface area contributed by atoms with Crippen molar-refractivity contribution in [2.24, 2.45) is 0 Å². The first-order chi connectivity index (χ1) is 6.01. The second-order valence-corrected chi connectivity index (χ2v) is 6.20. The summed E-state index contributed by atoms with van der Waals surface area (Å²) in [5.41, 5.74) is 0. The summed E-state index contributed by atoms with van der Waals surface area (Å²) in [6.07, 6.45) is -1.89. The summed E-state index contributed by atoms with van der Waals surface area (Å²) in [5.74, 6) is 0. The van der Waals surface area contributed by atoms with E-state index in [2.05, 4.69) is 0 Å². The second-order valence-electron chi connectivity index (χ2n) is 3.19. The summed E-state index contributed by atoms with van der Waals surface area (Å²) in [5, 5.41) is 0. The van der Waals surface area contributed by atoms with Crippen molar-refractivity contribution in [3.8, 4) is 0 Å². The van der Waals surface area contributed by atoms with Crippen LogP contribution in [0.15, 0.2) is 0 Å². The number of rotatable bonds is 5. The molecule has 0 fully saturated rings. The van der Waals surface area contributed by atoms with Crippen LogP contribution in [0, 0.1) is 0 Å². The van der Waals surface area contributed by atoms with Crippen LogP contribution in [-0.2, 0) is 9.13 Å². The molecule has 86 valence electrons. The van der Waals surface area contributed by atoms with Crippen LogP contribution in [0.5, 0.6) is 0 Å². The van der Waals surface area contributed by atoms with Gasteiger partial charge in [0.2, 0.25) is 0 Å². The second kappa shape index (κ2) is 11.9. The maximum Gasteiger partial charge on any atom is 1.00 e. The molecule has 0 spiro atoms. The predicted molar refractivity (Wildman–Crippen MR) is 41.9 cm³/mol. The van der Waals surface area contributed by atoms with E-state index in [0.717, 1.165) is 4.90 Å². The molecule has 0 unspecified atom stereocenters. The van der Waals surface area contributed by atoms with Gasteiger partial charge in [-0.3, -0.25) is 4.90 Å². The Bertz CT molecular complexity index is 255. The third-order valence-corrected chi connectivity index (χ3v) is 2.86. The fourth-order valence-corrected chi connectivity index (χ4v) is 2.72. The summed E-state index contributed by atoms with van der Waals surface area (Å²) < 4.78 is 20.7. The maximum atomic E-state index is 10.4. The third kappa shape index (κ3) is 19.3. The molecule has 0 aromatic heterocycles. The molecule has 0 amide bonds. The standard InChI is InChI=1S/C5H15NO6P2.3Na/c1-5(2)6(3-13(7,8)9)4-14(10,11)12;;;/h5H,3-4H2,1-2H3,(H2,7,8,9)(H2,10,11,12);;;/q;3*+1/p-4. The molecule has 0 aromatic carbocycles. The minimum atomic E-state index is -4.83. The van der Waals surface area contributed by atoms with E-state index >= 15 is 0 Å². The molecule has 0 aromatic rings. The van der Waals surface area contributed by atoms with E-state index in [1.165, 1.54) is 13.8 Å². The van der Waals surface area contributed by atoms with Crippen molar-refractivity contribution >= 4 is 15.2 Å². The molecule has 12 heteroatoms. The Morgan fingerprint density at radius 1 is 0.882 bits per heavy atom. The van der Waals surface area contributed by atoms with Gasteiger partial charge >= 0.3 is 88.7 Å². The van der Waals surface area contributed by atoms with Crippen LogP contribution in [0.25, 0.3) is 0 Å². The molecule has 0 heterocycles. The smallest absolute Gasteiger partial charge is 0.810 e. The first-order valence-electron chi connectivity index (χ1n) is 3.77. The van der Waals surface area contributed by atoms with Crippen molar-refractivity contribution in [2.45, 2.75) is 19.9 Å². The summed E-state index contributed by atoms with van der Waals surface area (Å²) in [6, 6.07) is -0.498. The normalized spacial score (nSPS) is 11.5. The zero-order valence-corrected chi connectivity index (χ0v) is 18.6. The molecule has 7 nitrogen and oxygen atoms in total. The van der Waals surface area contributed by atoms with E-state index in [1.807, 2.05) is 0 Å². The Morgan fingerprint density at radius 3 is 1.24 bits per heavy atom. The number of hydrogen-bond donors (Lipinski definition) is 0. The van der Waals surface area contributed by atoms with Crippen LogP contribution < -0.4 is 108 Å². The van der Waals surface area contributed by atoms with Crippen LogP contribution in [0.1, 0.15) is 13.8 Å². The van der Waals surface area contributed by atoms with Gasteiger partial charge in [0.25, 0.3) is 0 Å². The minimum Gasteiger partial charge on any atom is -0.810 e. The van der Waals surface area contributed by atoms with Crippen LogP contribution in [-0.4, -0.2) is 23.5 Å². The minimum absolute atomic E-state index is 0. The topological polar surface area (TPSA) is 130 Å². The average molecular weight is 312 g/mol. The van der Waals surface area contributed by atoms with Crippen molar-refractivity contribution in [2.75, 3.05) is 12.6 Å². The van der Waals surface area contributed by atoms with Gasteiger partial charge < -0.3 is 28.7 Å². The Labute approximate surface area is 167 Å². The first kappa shape index (κ1) is 28.4. The van der Waals surface area contributed by atoms with Gasteiger partial charge in [0, 0.05) is 18.6 Å². The molecule has 0 aliphatic heterocycles. The number of nitrogens with zero attached hydrogens (tertiary/aromatic N) is 1.